The smallest absolute Gasteiger partial charge is 0.246 e. The van der Waals surface area contributed by atoms with Gasteiger partial charge in [0.05, 0.1) is 11.9 Å². The van der Waals surface area contributed by atoms with E-state index in [0.717, 1.165) is 22.5 Å². The molecule has 2 aromatic rings. The molecular formula is C14H19N5O. The van der Waals surface area contributed by atoms with E-state index in [1.165, 1.54) is 0 Å². The van der Waals surface area contributed by atoms with Gasteiger partial charge in [-0.2, -0.15) is 10.2 Å². The molecule has 106 valence electrons. The zero-order valence-electron chi connectivity index (χ0n) is 12.2. The quantitative estimate of drug-likeness (QED) is 0.857. The van der Waals surface area contributed by atoms with E-state index in [4.69, 9.17) is 0 Å². The summed E-state index contributed by atoms with van der Waals surface area (Å²) in [5, 5.41) is 10.9. The Morgan fingerprint density at radius 3 is 2.80 bits per heavy atom. The van der Waals surface area contributed by atoms with Gasteiger partial charge in [-0.25, -0.2) is 0 Å². The maximum absolute atomic E-state index is 12.1. The standard InChI is InChI=1S/C14H19N5O/c1-10-13(11(2)19(4)17-10)5-6-14(20)18(3)9-12-7-15-16-8-12/h5-8H,9H2,1-4H3,(H,15,16). The molecule has 2 aromatic heterocycles. The molecule has 0 saturated carbocycles. The third kappa shape index (κ3) is 2.96. The topological polar surface area (TPSA) is 66.8 Å². The first-order valence-corrected chi connectivity index (χ1v) is 6.40. The number of amides is 1. The van der Waals surface area contributed by atoms with Gasteiger partial charge in [-0.05, 0) is 19.9 Å². The zero-order chi connectivity index (χ0) is 14.7. The van der Waals surface area contributed by atoms with Crippen molar-refractivity contribution < 1.29 is 4.79 Å². The number of likely N-dealkylation sites (N-methyl/N-ethyl adjacent to an activating group) is 1. The molecule has 6 heteroatoms. The Hall–Kier alpha value is -2.37. The molecule has 0 saturated heterocycles. The van der Waals surface area contributed by atoms with Gasteiger partial charge in [0.2, 0.25) is 5.91 Å². The Morgan fingerprint density at radius 1 is 1.50 bits per heavy atom. The van der Waals surface area contributed by atoms with Crippen molar-refractivity contribution in [3.05, 3.63) is 41.0 Å². The number of carbonyl (C=O) groups excluding carboxylic acids is 1. The number of aromatic nitrogens is 4. The third-order valence-electron chi connectivity index (χ3n) is 3.31. The lowest BCUT2D eigenvalue weighted by atomic mass is 10.2. The van der Waals surface area contributed by atoms with Gasteiger partial charge < -0.3 is 4.90 Å². The van der Waals surface area contributed by atoms with Crippen LogP contribution in [0.3, 0.4) is 0 Å². The third-order valence-corrected chi connectivity index (χ3v) is 3.31. The van der Waals surface area contributed by atoms with Gasteiger partial charge in [-0.1, -0.05) is 0 Å². The Morgan fingerprint density at radius 2 is 2.25 bits per heavy atom. The van der Waals surface area contributed by atoms with Crippen LogP contribution in [0.15, 0.2) is 18.5 Å². The molecule has 0 atom stereocenters. The fraction of sp³-hybridized carbons (Fsp3) is 0.357. The highest BCUT2D eigenvalue weighted by molar-refractivity contribution is 5.91. The number of carbonyl (C=O) groups is 1. The number of H-pyrrole nitrogens is 1. The molecule has 2 heterocycles. The second kappa shape index (κ2) is 5.73. The van der Waals surface area contributed by atoms with Crippen LogP contribution < -0.4 is 0 Å². The minimum absolute atomic E-state index is 0.0474. The van der Waals surface area contributed by atoms with Crippen molar-refractivity contribution in [2.24, 2.45) is 7.05 Å². The van der Waals surface area contributed by atoms with Crippen LogP contribution in [0.4, 0.5) is 0 Å². The van der Waals surface area contributed by atoms with Crippen molar-refractivity contribution in [2.75, 3.05) is 7.05 Å². The van der Waals surface area contributed by atoms with Gasteiger partial charge in [0.25, 0.3) is 0 Å². The van der Waals surface area contributed by atoms with Gasteiger partial charge in [-0.15, -0.1) is 0 Å². The molecule has 0 aliphatic rings. The average molecular weight is 273 g/mol. The maximum atomic E-state index is 12.1. The van der Waals surface area contributed by atoms with Gasteiger partial charge in [-0.3, -0.25) is 14.6 Å². The summed E-state index contributed by atoms with van der Waals surface area (Å²) in [5.41, 5.74) is 3.94. The Balaban J connectivity index is 2.05. The number of nitrogens with one attached hydrogen (secondary N) is 1. The largest absolute Gasteiger partial charge is 0.338 e. The Bertz CT molecular complexity index is 624. The molecule has 0 aromatic carbocycles. The SMILES string of the molecule is Cc1nn(C)c(C)c1C=CC(=O)N(C)Cc1cn[nH]c1. The predicted octanol–water partition coefficient (Wildman–Crippen LogP) is 1.43. The van der Waals surface area contributed by atoms with Crippen molar-refractivity contribution in [1.82, 2.24) is 24.9 Å². The molecule has 0 aliphatic carbocycles. The van der Waals surface area contributed by atoms with E-state index in [-0.39, 0.29) is 5.91 Å². The molecule has 0 aliphatic heterocycles. The summed E-state index contributed by atoms with van der Waals surface area (Å²) in [5.74, 6) is -0.0474. The number of aryl methyl sites for hydroxylation is 2. The number of rotatable bonds is 4. The summed E-state index contributed by atoms with van der Waals surface area (Å²) in [6.45, 7) is 4.45. The summed E-state index contributed by atoms with van der Waals surface area (Å²) in [6, 6.07) is 0. The van der Waals surface area contributed by atoms with E-state index < -0.39 is 0 Å². The average Bonchev–Trinajstić information content (AvgIpc) is 2.98. The molecule has 2 rings (SSSR count). The second-order valence-corrected chi connectivity index (χ2v) is 4.84. The number of hydrogen-bond donors (Lipinski definition) is 1. The van der Waals surface area contributed by atoms with Gasteiger partial charge in [0.1, 0.15) is 0 Å². The zero-order valence-corrected chi connectivity index (χ0v) is 12.2. The molecule has 0 fully saturated rings. The first-order chi connectivity index (χ1) is 9.49. The molecule has 0 bridgehead atoms. The van der Waals surface area contributed by atoms with E-state index in [2.05, 4.69) is 15.3 Å². The minimum Gasteiger partial charge on any atom is -0.338 e. The van der Waals surface area contributed by atoms with E-state index >= 15 is 0 Å². The molecule has 0 radical (unpaired) electrons. The summed E-state index contributed by atoms with van der Waals surface area (Å²) < 4.78 is 1.81. The molecule has 6 nitrogen and oxygen atoms in total. The highest BCUT2D eigenvalue weighted by Crippen LogP contribution is 2.13. The van der Waals surface area contributed by atoms with Crippen LogP contribution >= 0.6 is 0 Å². The van der Waals surface area contributed by atoms with Crippen molar-refractivity contribution in [3.63, 3.8) is 0 Å². The maximum Gasteiger partial charge on any atom is 0.246 e. The van der Waals surface area contributed by atoms with Crippen LogP contribution in [0.1, 0.15) is 22.5 Å². The van der Waals surface area contributed by atoms with Gasteiger partial charge in [0.15, 0.2) is 0 Å². The monoisotopic (exact) mass is 273 g/mol. The Kier molecular flexibility index (Phi) is 4.02. The van der Waals surface area contributed by atoms with Crippen LogP contribution in [0.5, 0.6) is 0 Å². The van der Waals surface area contributed by atoms with Gasteiger partial charge >= 0.3 is 0 Å². The lowest BCUT2D eigenvalue weighted by Gasteiger charge is -2.13. The van der Waals surface area contributed by atoms with Crippen LogP contribution in [0.2, 0.25) is 0 Å². The van der Waals surface area contributed by atoms with E-state index in [0.29, 0.717) is 6.54 Å². The van der Waals surface area contributed by atoms with Gasteiger partial charge in [0, 0.05) is 49.7 Å². The summed E-state index contributed by atoms with van der Waals surface area (Å²) >= 11 is 0. The van der Waals surface area contributed by atoms with Crippen molar-refractivity contribution in [1.29, 1.82) is 0 Å². The van der Waals surface area contributed by atoms with E-state index in [1.54, 1.807) is 30.4 Å². The van der Waals surface area contributed by atoms with Crippen LogP contribution in [0.25, 0.3) is 6.08 Å². The summed E-state index contributed by atoms with van der Waals surface area (Å²) in [4.78, 5) is 13.7. The highest BCUT2D eigenvalue weighted by atomic mass is 16.2. The van der Waals surface area contributed by atoms with Crippen molar-refractivity contribution >= 4 is 12.0 Å². The first kappa shape index (κ1) is 14.0. The number of hydrogen-bond acceptors (Lipinski definition) is 3. The normalized spacial score (nSPS) is 11.2. The lowest BCUT2D eigenvalue weighted by molar-refractivity contribution is -0.125. The molecule has 1 N–H and O–H groups in total. The molecular weight excluding hydrogens is 254 g/mol. The lowest BCUT2D eigenvalue weighted by Crippen LogP contribution is -2.23. The van der Waals surface area contributed by atoms with Crippen LogP contribution in [0, 0.1) is 13.8 Å². The number of nitrogens with zero attached hydrogens (tertiary/aromatic N) is 4. The van der Waals surface area contributed by atoms with E-state index in [9.17, 15) is 4.79 Å². The minimum atomic E-state index is -0.0474. The summed E-state index contributed by atoms with van der Waals surface area (Å²) in [7, 11) is 3.66. The predicted molar refractivity (Wildman–Crippen MR) is 76.8 cm³/mol. The van der Waals surface area contributed by atoms with E-state index in [1.807, 2.05) is 31.7 Å². The Labute approximate surface area is 118 Å². The molecule has 0 unspecified atom stereocenters. The van der Waals surface area contributed by atoms with Crippen LogP contribution in [-0.2, 0) is 18.4 Å². The fourth-order valence-corrected chi connectivity index (χ4v) is 2.03. The van der Waals surface area contributed by atoms with Crippen LogP contribution in [-0.4, -0.2) is 37.8 Å². The number of aromatic amines is 1. The fourth-order valence-electron chi connectivity index (χ4n) is 2.03. The van der Waals surface area contributed by atoms with Crippen molar-refractivity contribution in [3.8, 4) is 0 Å². The molecule has 0 spiro atoms. The second-order valence-electron chi connectivity index (χ2n) is 4.84. The first-order valence-electron chi connectivity index (χ1n) is 6.40. The summed E-state index contributed by atoms with van der Waals surface area (Å²) in [6.07, 6.45) is 6.90. The molecule has 20 heavy (non-hydrogen) atoms. The van der Waals surface area contributed by atoms with Crippen molar-refractivity contribution in [2.45, 2.75) is 20.4 Å². The molecule has 1 amide bonds. The highest BCUT2D eigenvalue weighted by Gasteiger charge is 2.09.